The fourth-order valence-electron chi connectivity index (χ4n) is 3.16. The molecule has 0 aromatic carbocycles. The second-order valence-corrected chi connectivity index (χ2v) is 6.17. The Labute approximate surface area is 128 Å². The van der Waals surface area contributed by atoms with Crippen LogP contribution in [0.1, 0.15) is 44.5 Å². The van der Waals surface area contributed by atoms with Gasteiger partial charge in [-0.25, -0.2) is 0 Å². The number of nitrogens with zero attached hydrogens (tertiary/aromatic N) is 3. The lowest BCUT2D eigenvalue weighted by atomic mass is 9.93. The maximum absolute atomic E-state index is 11.7. The molecule has 1 atom stereocenters. The lowest BCUT2D eigenvalue weighted by Gasteiger charge is -2.34. The lowest BCUT2D eigenvalue weighted by molar-refractivity contribution is -0.150. The normalized spacial score (nSPS) is 23.4. The molecule has 112 valence electrons. The number of hydrogen-bond acceptors (Lipinski definition) is 3. The van der Waals surface area contributed by atoms with Gasteiger partial charge in [0, 0.05) is 13.1 Å². The van der Waals surface area contributed by atoms with Crippen LogP contribution in [-0.2, 0) is 17.9 Å². The highest BCUT2D eigenvalue weighted by atomic mass is 79.9. The first-order valence-electron chi connectivity index (χ1n) is 7.16. The molecule has 1 fully saturated rings. The summed E-state index contributed by atoms with van der Waals surface area (Å²) in [6.07, 6.45) is 2.31. The second-order valence-electron chi connectivity index (χ2n) is 5.38. The number of rotatable bonds is 5. The Bertz CT molecular complexity index is 515. The summed E-state index contributed by atoms with van der Waals surface area (Å²) in [6.45, 7) is 8.24. The van der Waals surface area contributed by atoms with Gasteiger partial charge >= 0.3 is 5.97 Å². The Balaban J connectivity index is 2.32. The Morgan fingerprint density at radius 2 is 2.20 bits per heavy atom. The summed E-state index contributed by atoms with van der Waals surface area (Å²) < 4.78 is 2.96. The molecule has 0 saturated carbocycles. The van der Waals surface area contributed by atoms with Gasteiger partial charge in [0.15, 0.2) is 0 Å². The maximum atomic E-state index is 11.7. The zero-order valence-corrected chi connectivity index (χ0v) is 13.9. The predicted molar refractivity (Wildman–Crippen MR) is 80.6 cm³/mol. The molecule has 0 amide bonds. The van der Waals surface area contributed by atoms with E-state index >= 15 is 0 Å². The van der Waals surface area contributed by atoms with Crippen LogP contribution in [0.25, 0.3) is 0 Å². The van der Waals surface area contributed by atoms with Crippen molar-refractivity contribution in [1.29, 1.82) is 0 Å². The first-order chi connectivity index (χ1) is 9.46. The molecule has 1 aliphatic rings. The van der Waals surface area contributed by atoms with E-state index in [0.717, 1.165) is 41.8 Å². The molecule has 1 aromatic heterocycles. The van der Waals surface area contributed by atoms with Crippen LogP contribution in [0.15, 0.2) is 4.47 Å². The third kappa shape index (κ3) is 2.39. The molecule has 2 heterocycles. The molecule has 5 nitrogen and oxygen atoms in total. The van der Waals surface area contributed by atoms with E-state index in [2.05, 4.69) is 32.9 Å². The summed E-state index contributed by atoms with van der Waals surface area (Å²) in [5.41, 5.74) is 1.32. The number of carbonyl (C=O) groups is 1. The van der Waals surface area contributed by atoms with E-state index in [1.807, 2.05) is 18.5 Å². The molecule has 1 aliphatic heterocycles. The first kappa shape index (κ1) is 15.5. The van der Waals surface area contributed by atoms with Crippen molar-refractivity contribution in [3.63, 3.8) is 0 Å². The summed E-state index contributed by atoms with van der Waals surface area (Å²) in [7, 11) is 0. The molecule has 1 saturated heterocycles. The van der Waals surface area contributed by atoms with Crippen molar-refractivity contribution < 1.29 is 9.90 Å². The van der Waals surface area contributed by atoms with Crippen LogP contribution >= 0.6 is 15.9 Å². The van der Waals surface area contributed by atoms with Crippen LogP contribution in [0.2, 0.25) is 0 Å². The average Bonchev–Trinajstić information content (AvgIpc) is 2.95. The summed E-state index contributed by atoms with van der Waals surface area (Å²) in [5.74, 6) is -0.701. The standard InChI is InChI=1S/C14H22BrN3O2/c1-4-14(13(19)20)7-6-8-17(14)9-11-12(15)10(3)16-18(11)5-2/h4-9H2,1-3H3,(H,19,20). The van der Waals surface area contributed by atoms with Gasteiger partial charge in [-0.15, -0.1) is 0 Å². The van der Waals surface area contributed by atoms with E-state index in [0.29, 0.717) is 13.0 Å². The first-order valence-corrected chi connectivity index (χ1v) is 7.95. The summed E-state index contributed by atoms with van der Waals surface area (Å²) in [5, 5.41) is 14.1. The largest absolute Gasteiger partial charge is 0.480 e. The van der Waals surface area contributed by atoms with Crippen LogP contribution < -0.4 is 0 Å². The van der Waals surface area contributed by atoms with E-state index in [-0.39, 0.29) is 0 Å². The maximum Gasteiger partial charge on any atom is 0.324 e. The minimum Gasteiger partial charge on any atom is -0.480 e. The summed E-state index contributed by atoms with van der Waals surface area (Å²) in [4.78, 5) is 13.8. The number of likely N-dealkylation sites (tertiary alicyclic amines) is 1. The number of aryl methyl sites for hydroxylation is 2. The second kappa shape index (κ2) is 5.85. The van der Waals surface area contributed by atoms with Crippen molar-refractivity contribution in [3.05, 3.63) is 15.9 Å². The molecule has 0 aliphatic carbocycles. The van der Waals surface area contributed by atoms with Gasteiger partial charge in [-0.1, -0.05) is 6.92 Å². The number of carboxylic acids is 1. The Morgan fingerprint density at radius 3 is 2.75 bits per heavy atom. The fourth-order valence-corrected chi connectivity index (χ4v) is 3.57. The van der Waals surface area contributed by atoms with Gasteiger partial charge in [-0.2, -0.15) is 5.10 Å². The van der Waals surface area contributed by atoms with Crippen LogP contribution in [-0.4, -0.2) is 37.8 Å². The minimum absolute atomic E-state index is 0.634. The van der Waals surface area contributed by atoms with Gasteiger partial charge in [-0.3, -0.25) is 14.4 Å². The molecule has 20 heavy (non-hydrogen) atoms. The Hall–Kier alpha value is -0.880. The van der Waals surface area contributed by atoms with Crippen molar-refractivity contribution >= 4 is 21.9 Å². The van der Waals surface area contributed by atoms with Crippen molar-refractivity contribution in [1.82, 2.24) is 14.7 Å². The Morgan fingerprint density at radius 1 is 1.50 bits per heavy atom. The lowest BCUT2D eigenvalue weighted by Crippen LogP contribution is -2.49. The number of hydrogen-bond donors (Lipinski definition) is 1. The number of aliphatic carboxylic acids is 1. The van der Waals surface area contributed by atoms with Crippen molar-refractivity contribution in [3.8, 4) is 0 Å². The summed E-state index contributed by atoms with van der Waals surface area (Å²) >= 11 is 3.59. The molecule has 6 heteroatoms. The quantitative estimate of drug-likeness (QED) is 0.892. The molecule has 1 aromatic rings. The van der Waals surface area contributed by atoms with E-state index in [1.54, 1.807) is 0 Å². The molecule has 0 spiro atoms. The van der Waals surface area contributed by atoms with Gasteiger partial charge in [0.1, 0.15) is 5.54 Å². The molecular weight excluding hydrogens is 322 g/mol. The highest BCUT2D eigenvalue weighted by Crippen LogP contribution is 2.35. The minimum atomic E-state index is -0.712. The van der Waals surface area contributed by atoms with E-state index in [9.17, 15) is 9.90 Å². The van der Waals surface area contributed by atoms with Crippen LogP contribution in [0, 0.1) is 6.92 Å². The van der Waals surface area contributed by atoms with E-state index < -0.39 is 11.5 Å². The van der Waals surface area contributed by atoms with Gasteiger partial charge in [0.05, 0.1) is 15.9 Å². The topological polar surface area (TPSA) is 58.4 Å². The van der Waals surface area contributed by atoms with Gasteiger partial charge in [-0.05, 0) is 55.6 Å². The average molecular weight is 344 g/mol. The Kier molecular flexibility index (Phi) is 4.54. The molecule has 1 unspecified atom stereocenters. The smallest absolute Gasteiger partial charge is 0.324 e. The zero-order chi connectivity index (χ0) is 14.9. The monoisotopic (exact) mass is 343 g/mol. The van der Waals surface area contributed by atoms with Crippen LogP contribution in [0.3, 0.4) is 0 Å². The van der Waals surface area contributed by atoms with E-state index in [1.165, 1.54) is 0 Å². The molecule has 1 N–H and O–H groups in total. The highest BCUT2D eigenvalue weighted by Gasteiger charge is 2.46. The number of carboxylic acid groups (broad SMARTS) is 1. The van der Waals surface area contributed by atoms with Crippen molar-refractivity contribution in [2.75, 3.05) is 6.54 Å². The summed E-state index contributed by atoms with van der Waals surface area (Å²) in [6, 6.07) is 0. The van der Waals surface area contributed by atoms with Gasteiger partial charge < -0.3 is 5.11 Å². The fraction of sp³-hybridized carbons (Fsp3) is 0.714. The van der Waals surface area contributed by atoms with Crippen LogP contribution in [0.5, 0.6) is 0 Å². The number of halogens is 1. The third-order valence-electron chi connectivity index (χ3n) is 4.40. The highest BCUT2D eigenvalue weighted by molar-refractivity contribution is 9.10. The van der Waals surface area contributed by atoms with Crippen molar-refractivity contribution in [2.45, 2.75) is 58.7 Å². The predicted octanol–water partition coefficient (Wildman–Crippen LogP) is 2.80. The zero-order valence-electron chi connectivity index (χ0n) is 12.3. The molecule has 0 radical (unpaired) electrons. The van der Waals surface area contributed by atoms with Crippen LogP contribution in [0.4, 0.5) is 0 Å². The molecule has 2 rings (SSSR count). The SMILES string of the molecule is CCn1nc(C)c(Br)c1CN1CCCC1(CC)C(=O)O. The third-order valence-corrected chi connectivity index (χ3v) is 5.43. The van der Waals surface area contributed by atoms with E-state index in [4.69, 9.17) is 0 Å². The molecular formula is C14H22BrN3O2. The van der Waals surface area contributed by atoms with Crippen molar-refractivity contribution in [2.24, 2.45) is 0 Å². The van der Waals surface area contributed by atoms with Gasteiger partial charge in [0.2, 0.25) is 0 Å². The molecule has 0 bridgehead atoms. The van der Waals surface area contributed by atoms with Gasteiger partial charge in [0.25, 0.3) is 0 Å². The number of aromatic nitrogens is 2.